The summed E-state index contributed by atoms with van der Waals surface area (Å²) in [4.78, 5) is 6.44. The Labute approximate surface area is 116 Å². The predicted octanol–water partition coefficient (Wildman–Crippen LogP) is 2.64. The molecule has 4 heteroatoms. The van der Waals surface area contributed by atoms with E-state index in [-0.39, 0.29) is 0 Å². The van der Waals surface area contributed by atoms with Gasteiger partial charge in [-0.05, 0) is 44.2 Å². The third kappa shape index (κ3) is 5.82. The molecule has 0 aliphatic carbocycles. The van der Waals surface area contributed by atoms with Crippen LogP contribution in [0.2, 0.25) is 18.1 Å². The first kappa shape index (κ1) is 18.1. The summed E-state index contributed by atoms with van der Waals surface area (Å²) in [6, 6.07) is 4.47. The molecule has 0 rings (SSSR count). The minimum absolute atomic E-state index is 0.511. The first-order valence-corrected chi connectivity index (χ1v) is 10.4. The molecule has 1 unspecified atom stereocenters. The van der Waals surface area contributed by atoms with E-state index < -0.39 is 8.24 Å². The fourth-order valence-corrected chi connectivity index (χ4v) is 5.86. The second-order valence-electron chi connectivity index (χ2n) is 5.23. The van der Waals surface area contributed by atoms with Gasteiger partial charge in [-0.3, -0.25) is 0 Å². The van der Waals surface area contributed by atoms with Crippen molar-refractivity contribution in [3.63, 3.8) is 0 Å². The zero-order valence-corrected chi connectivity index (χ0v) is 14.3. The first-order valence-electron chi connectivity index (χ1n) is 7.81. The lowest BCUT2D eigenvalue weighted by molar-refractivity contribution is 0.287. The van der Waals surface area contributed by atoms with E-state index in [1.165, 1.54) is 31.1 Å². The molecule has 0 saturated heterocycles. The summed E-state index contributed by atoms with van der Waals surface area (Å²) in [6.45, 7) is 15.7. The first-order chi connectivity index (χ1) is 8.61. The molecule has 0 radical (unpaired) electrons. The van der Waals surface area contributed by atoms with Gasteiger partial charge in [-0.2, -0.15) is 0 Å². The Morgan fingerprint density at radius 1 is 1.00 bits per heavy atom. The minimum atomic E-state index is -1.24. The molecule has 0 fully saturated rings. The quantitative estimate of drug-likeness (QED) is 0.569. The molecule has 3 nitrogen and oxygen atoms in total. The van der Waals surface area contributed by atoms with Crippen LogP contribution in [-0.4, -0.2) is 45.4 Å². The zero-order chi connectivity index (χ0) is 14.0. The van der Waals surface area contributed by atoms with E-state index in [2.05, 4.69) is 44.5 Å². The van der Waals surface area contributed by atoms with Crippen LogP contribution in [0.25, 0.3) is 0 Å². The molecule has 0 heterocycles. The molecule has 110 valence electrons. The van der Waals surface area contributed by atoms with Crippen molar-refractivity contribution in [2.45, 2.75) is 65.2 Å². The van der Waals surface area contributed by atoms with Crippen LogP contribution in [0.5, 0.6) is 0 Å². The molecule has 0 aromatic rings. The summed E-state index contributed by atoms with van der Waals surface area (Å²) in [5.74, 6) is 0. The molecule has 18 heavy (non-hydrogen) atoms. The fraction of sp³-hybridized carbons (Fsp3) is 1.00. The van der Waals surface area contributed by atoms with E-state index in [0.717, 1.165) is 19.6 Å². The standard InChI is InChI=1S/C14H35N3Si/c1-6-17(7-2)12-11-14(13-15)16-18(8-3,9-4)10-5/h14,16H,6-13,15H2,1-5H3. The van der Waals surface area contributed by atoms with Crippen LogP contribution in [0.3, 0.4) is 0 Å². The Kier molecular flexibility index (Phi) is 10.0. The maximum atomic E-state index is 5.95. The molecule has 0 aliphatic heterocycles. The molecule has 1 atom stereocenters. The van der Waals surface area contributed by atoms with Crippen molar-refractivity contribution in [3.8, 4) is 0 Å². The summed E-state index contributed by atoms with van der Waals surface area (Å²) in [5, 5.41) is 0. The third-order valence-electron chi connectivity index (χ3n) is 4.51. The maximum absolute atomic E-state index is 5.95. The van der Waals surface area contributed by atoms with Crippen LogP contribution in [0.4, 0.5) is 0 Å². The Balaban J connectivity index is 4.32. The van der Waals surface area contributed by atoms with Gasteiger partial charge in [0.05, 0.1) is 0 Å². The van der Waals surface area contributed by atoms with Crippen molar-refractivity contribution in [2.24, 2.45) is 5.73 Å². The number of nitrogens with zero attached hydrogens (tertiary/aromatic N) is 1. The second kappa shape index (κ2) is 9.95. The van der Waals surface area contributed by atoms with Gasteiger partial charge in [0.25, 0.3) is 0 Å². The average Bonchev–Trinajstić information content (AvgIpc) is 2.44. The molecule has 0 aliphatic rings. The van der Waals surface area contributed by atoms with Gasteiger partial charge >= 0.3 is 0 Å². The van der Waals surface area contributed by atoms with Crippen molar-refractivity contribution in [1.82, 2.24) is 9.88 Å². The SMILES string of the molecule is CCN(CC)CCC(CN)N[Si](CC)(CC)CC. The van der Waals surface area contributed by atoms with E-state index in [4.69, 9.17) is 5.73 Å². The highest BCUT2D eigenvalue weighted by molar-refractivity contribution is 6.77. The van der Waals surface area contributed by atoms with Gasteiger partial charge in [0.1, 0.15) is 8.24 Å². The summed E-state index contributed by atoms with van der Waals surface area (Å²) >= 11 is 0. The van der Waals surface area contributed by atoms with Gasteiger partial charge < -0.3 is 15.6 Å². The van der Waals surface area contributed by atoms with Gasteiger partial charge in [-0.25, -0.2) is 0 Å². The van der Waals surface area contributed by atoms with Gasteiger partial charge in [0.2, 0.25) is 0 Å². The van der Waals surface area contributed by atoms with Crippen LogP contribution in [0, 0.1) is 0 Å². The molecule has 0 aromatic heterocycles. The van der Waals surface area contributed by atoms with Crippen molar-refractivity contribution in [2.75, 3.05) is 26.2 Å². The molecule has 0 bridgehead atoms. The monoisotopic (exact) mass is 273 g/mol. The Hall–Kier alpha value is 0.0969. The van der Waals surface area contributed by atoms with E-state index >= 15 is 0 Å². The van der Waals surface area contributed by atoms with E-state index in [9.17, 15) is 0 Å². The Morgan fingerprint density at radius 2 is 1.50 bits per heavy atom. The highest BCUT2D eigenvalue weighted by Crippen LogP contribution is 2.18. The smallest absolute Gasteiger partial charge is 0.125 e. The predicted molar refractivity (Wildman–Crippen MR) is 85.6 cm³/mol. The van der Waals surface area contributed by atoms with Crippen molar-refractivity contribution >= 4 is 8.24 Å². The summed E-state index contributed by atoms with van der Waals surface area (Å²) in [5.41, 5.74) is 5.95. The maximum Gasteiger partial charge on any atom is 0.125 e. The number of hydrogen-bond acceptors (Lipinski definition) is 3. The second-order valence-corrected chi connectivity index (χ2v) is 10.2. The van der Waals surface area contributed by atoms with Gasteiger partial charge in [-0.1, -0.05) is 34.6 Å². The van der Waals surface area contributed by atoms with Crippen molar-refractivity contribution < 1.29 is 0 Å². The average molecular weight is 274 g/mol. The molecule has 0 spiro atoms. The van der Waals surface area contributed by atoms with Crippen molar-refractivity contribution in [1.29, 1.82) is 0 Å². The third-order valence-corrected chi connectivity index (χ3v) is 9.59. The van der Waals surface area contributed by atoms with Crippen molar-refractivity contribution in [3.05, 3.63) is 0 Å². The minimum Gasteiger partial charge on any atom is -0.333 e. The lowest BCUT2D eigenvalue weighted by Gasteiger charge is -2.34. The number of hydrogen-bond donors (Lipinski definition) is 2. The lowest BCUT2D eigenvalue weighted by Crippen LogP contribution is -2.56. The Morgan fingerprint density at radius 3 is 1.83 bits per heavy atom. The normalized spacial score (nSPS) is 14.2. The molecular formula is C14H35N3Si. The van der Waals surface area contributed by atoms with Gasteiger partial charge in [0, 0.05) is 12.6 Å². The summed E-state index contributed by atoms with van der Waals surface area (Å²) < 4.78 is 0. The van der Waals surface area contributed by atoms with Crippen LogP contribution < -0.4 is 10.7 Å². The van der Waals surface area contributed by atoms with Crippen LogP contribution in [0.15, 0.2) is 0 Å². The van der Waals surface area contributed by atoms with Crippen LogP contribution in [0.1, 0.15) is 41.0 Å². The molecule has 0 aromatic carbocycles. The molecule has 0 amide bonds. The molecule has 0 saturated carbocycles. The van der Waals surface area contributed by atoms with Crippen LogP contribution in [-0.2, 0) is 0 Å². The van der Waals surface area contributed by atoms with Gasteiger partial charge in [-0.15, -0.1) is 0 Å². The van der Waals surface area contributed by atoms with Gasteiger partial charge in [0.15, 0.2) is 0 Å². The van der Waals surface area contributed by atoms with E-state index in [1.807, 2.05) is 0 Å². The van der Waals surface area contributed by atoms with E-state index in [1.54, 1.807) is 0 Å². The number of rotatable bonds is 11. The fourth-order valence-electron chi connectivity index (χ4n) is 2.62. The highest BCUT2D eigenvalue weighted by Gasteiger charge is 2.29. The lowest BCUT2D eigenvalue weighted by atomic mass is 10.2. The molecular weight excluding hydrogens is 238 g/mol. The van der Waals surface area contributed by atoms with E-state index in [0.29, 0.717) is 6.04 Å². The summed E-state index contributed by atoms with van der Waals surface area (Å²) in [7, 11) is -1.24. The number of nitrogens with two attached hydrogens (primary N) is 1. The topological polar surface area (TPSA) is 41.3 Å². The van der Waals surface area contributed by atoms with Crippen LogP contribution >= 0.6 is 0 Å². The Bertz CT molecular complexity index is 183. The zero-order valence-electron chi connectivity index (χ0n) is 13.3. The summed E-state index contributed by atoms with van der Waals surface area (Å²) in [6.07, 6.45) is 1.19. The number of nitrogens with one attached hydrogen (secondary N) is 1. The highest BCUT2D eigenvalue weighted by atomic mass is 28.3. The largest absolute Gasteiger partial charge is 0.333 e. The molecule has 3 N–H and O–H groups in total.